The molecule has 108 valence electrons. The number of benzene rings is 1. The molecule has 1 N–H and O–H groups in total. The highest BCUT2D eigenvalue weighted by Gasteiger charge is 2.17. The van der Waals surface area contributed by atoms with Crippen LogP contribution in [0.1, 0.15) is 11.1 Å². The highest BCUT2D eigenvalue weighted by atomic mass is 32.2. The highest BCUT2D eigenvalue weighted by Crippen LogP contribution is 2.21. The Hall–Kier alpha value is -2.34. The molecule has 0 aliphatic carbocycles. The van der Waals surface area contributed by atoms with Gasteiger partial charge in [-0.25, -0.2) is 12.9 Å². The van der Waals surface area contributed by atoms with Gasteiger partial charge in [0.15, 0.2) is 0 Å². The van der Waals surface area contributed by atoms with Gasteiger partial charge in [0.1, 0.15) is 0 Å². The number of aromatic nitrogens is 2. The van der Waals surface area contributed by atoms with E-state index in [9.17, 15) is 8.42 Å². The van der Waals surface area contributed by atoms with E-state index < -0.39 is 10.0 Å². The second-order valence-corrected chi connectivity index (χ2v) is 6.64. The van der Waals surface area contributed by atoms with Crippen LogP contribution in [0.2, 0.25) is 0 Å². The smallest absolute Gasteiger partial charge is 0.262 e. The molecule has 5 nitrogen and oxygen atoms in total. The molecule has 0 bridgehead atoms. The number of anilines is 1. The first-order chi connectivity index (χ1) is 9.95. The molecule has 0 fully saturated rings. The maximum atomic E-state index is 12.5. The number of pyridine rings is 1. The Kier molecular flexibility index (Phi) is 3.17. The summed E-state index contributed by atoms with van der Waals surface area (Å²) < 4.78 is 29.2. The summed E-state index contributed by atoms with van der Waals surface area (Å²) in [6, 6.07) is 10.5. The molecule has 0 saturated carbocycles. The van der Waals surface area contributed by atoms with Crippen LogP contribution in [0.3, 0.4) is 0 Å². The summed E-state index contributed by atoms with van der Waals surface area (Å²) in [6.45, 7) is 3.73. The molecule has 2 aromatic heterocycles. The molecule has 1 aromatic carbocycles. The summed E-state index contributed by atoms with van der Waals surface area (Å²) in [5.41, 5.74) is 3.11. The maximum Gasteiger partial charge on any atom is 0.262 e. The first-order valence-electron chi connectivity index (χ1n) is 6.49. The molecule has 3 rings (SSSR count). The minimum atomic E-state index is -3.59. The lowest BCUT2D eigenvalue weighted by molar-refractivity contribution is 0.600. The van der Waals surface area contributed by atoms with Gasteiger partial charge in [-0.05, 0) is 43.7 Å². The first-order valence-corrected chi connectivity index (χ1v) is 7.97. The SMILES string of the molecule is Cc1ccc(S(=O)(=O)Nc2ccn3nccc3c2)c(C)c1. The van der Waals surface area contributed by atoms with Gasteiger partial charge in [-0.2, -0.15) is 5.10 Å². The van der Waals surface area contributed by atoms with Gasteiger partial charge in [0, 0.05) is 12.4 Å². The zero-order valence-electron chi connectivity index (χ0n) is 11.7. The molecular weight excluding hydrogens is 286 g/mol. The van der Waals surface area contributed by atoms with Crippen LogP contribution in [-0.2, 0) is 10.0 Å². The van der Waals surface area contributed by atoms with Crippen molar-refractivity contribution < 1.29 is 8.42 Å². The Morgan fingerprint density at radius 3 is 2.67 bits per heavy atom. The van der Waals surface area contributed by atoms with Gasteiger partial charge in [0.05, 0.1) is 16.1 Å². The molecule has 0 spiro atoms. The predicted molar refractivity (Wildman–Crippen MR) is 81.9 cm³/mol. The Labute approximate surface area is 123 Å². The summed E-state index contributed by atoms with van der Waals surface area (Å²) in [5.74, 6) is 0. The lowest BCUT2D eigenvalue weighted by Gasteiger charge is -2.11. The van der Waals surface area contributed by atoms with Gasteiger partial charge in [-0.15, -0.1) is 0 Å². The monoisotopic (exact) mass is 301 g/mol. The normalized spacial score (nSPS) is 11.7. The molecule has 2 heterocycles. The second-order valence-electron chi connectivity index (χ2n) is 4.99. The summed E-state index contributed by atoms with van der Waals surface area (Å²) >= 11 is 0. The molecule has 3 aromatic rings. The number of nitrogens with one attached hydrogen (secondary N) is 1. The summed E-state index contributed by atoms with van der Waals surface area (Å²) in [5, 5.41) is 4.08. The van der Waals surface area contributed by atoms with Crippen molar-refractivity contribution in [2.24, 2.45) is 0 Å². The molecule has 0 atom stereocenters. The van der Waals surface area contributed by atoms with Crippen molar-refractivity contribution in [2.75, 3.05) is 4.72 Å². The molecule has 0 radical (unpaired) electrons. The highest BCUT2D eigenvalue weighted by molar-refractivity contribution is 7.92. The fourth-order valence-electron chi connectivity index (χ4n) is 2.30. The maximum absolute atomic E-state index is 12.5. The Balaban J connectivity index is 1.98. The number of sulfonamides is 1. The fraction of sp³-hybridized carbons (Fsp3) is 0.133. The van der Waals surface area contributed by atoms with E-state index in [1.54, 1.807) is 48.1 Å². The van der Waals surface area contributed by atoms with E-state index in [-0.39, 0.29) is 0 Å². The molecule has 6 heteroatoms. The van der Waals surface area contributed by atoms with Gasteiger partial charge < -0.3 is 0 Å². The van der Waals surface area contributed by atoms with Gasteiger partial charge in [0.2, 0.25) is 0 Å². The van der Waals surface area contributed by atoms with Gasteiger partial charge >= 0.3 is 0 Å². The van der Waals surface area contributed by atoms with E-state index in [1.807, 2.05) is 19.1 Å². The topological polar surface area (TPSA) is 63.5 Å². The van der Waals surface area contributed by atoms with Crippen molar-refractivity contribution in [3.63, 3.8) is 0 Å². The van der Waals surface area contributed by atoms with E-state index in [2.05, 4.69) is 9.82 Å². The molecule has 0 saturated heterocycles. The number of aryl methyl sites for hydroxylation is 2. The Morgan fingerprint density at radius 2 is 1.90 bits per heavy atom. The van der Waals surface area contributed by atoms with Gasteiger partial charge in [-0.3, -0.25) is 4.72 Å². The third kappa shape index (κ3) is 2.62. The van der Waals surface area contributed by atoms with Crippen LogP contribution in [0, 0.1) is 13.8 Å². The van der Waals surface area contributed by atoms with Crippen LogP contribution in [0.5, 0.6) is 0 Å². The van der Waals surface area contributed by atoms with Crippen LogP contribution >= 0.6 is 0 Å². The number of hydrogen-bond donors (Lipinski definition) is 1. The van der Waals surface area contributed by atoms with E-state index in [0.717, 1.165) is 16.6 Å². The minimum Gasteiger partial charge on any atom is -0.279 e. The largest absolute Gasteiger partial charge is 0.279 e. The average molecular weight is 301 g/mol. The van der Waals surface area contributed by atoms with Gasteiger partial charge in [-0.1, -0.05) is 17.7 Å². The molecule has 21 heavy (non-hydrogen) atoms. The first kappa shape index (κ1) is 13.6. The second kappa shape index (κ2) is 4.89. The number of fused-ring (bicyclic) bond motifs is 1. The van der Waals surface area contributed by atoms with Crippen molar-refractivity contribution in [1.29, 1.82) is 0 Å². The fourth-order valence-corrected chi connectivity index (χ4v) is 3.57. The summed E-state index contributed by atoms with van der Waals surface area (Å²) in [7, 11) is -3.59. The third-order valence-corrected chi connectivity index (χ3v) is 4.81. The molecular formula is C15H15N3O2S. The van der Waals surface area contributed by atoms with Crippen LogP contribution in [0.4, 0.5) is 5.69 Å². The Bertz CT molecular complexity index is 914. The van der Waals surface area contributed by atoms with Crippen LogP contribution in [0.15, 0.2) is 53.7 Å². The van der Waals surface area contributed by atoms with Crippen LogP contribution in [0.25, 0.3) is 5.52 Å². The van der Waals surface area contributed by atoms with Crippen molar-refractivity contribution in [3.05, 3.63) is 59.9 Å². The standard InChI is InChI=1S/C15H15N3O2S/c1-11-3-4-15(12(2)9-11)21(19,20)17-13-6-8-18-14(10-13)5-7-16-18/h3-10,17H,1-2H3. The lowest BCUT2D eigenvalue weighted by atomic mass is 10.2. The van der Waals surface area contributed by atoms with Crippen LogP contribution in [-0.4, -0.2) is 18.0 Å². The molecule has 0 aliphatic rings. The van der Waals surface area contributed by atoms with Crippen molar-refractivity contribution in [3.8, 4) is 0 Å². The number of rotatable bonds is 3. The number of nitrogens with zero attached hydrogens (tertiary/aromatic N) is 2. The average Bonchev–Trinajstić information content (AvgIpc) is 2.85. The molecule has 0 aliphatic heterocycles. The quantitative estimate of drug-likeness (QED) is 0.809. The van der Waals surface area contributed by atoms with E-state index >= 15 is 0 Å². The van der Waals surface area contributed by atoms with E-state index in [1.165, 1.54) is 0 Å². The summed E-state index contributed by atoms with van der Waals surface area (Å²) in [6.07, 6.45) is 3.38. The molecule has 0 amide bonds. The molecule has 0 unspecified atom stereocenters. The summed E-state index contributed by atoms with van der Waals surface area (Å²) in [4.78, 5) is 0.293. The zero-order valence-corrected chi connectivity index (χ0v) is 12.6. The minimum absolute atomic E-state index is 0.293. The van der Waals surface area contributed by atoms with E-state index in [4.69, 9.17) is 0 Å². The Morgan fingerprint density at radius 1 is 1.10 bits per heavy atom. The van der Waals surface area contributed by atoms with Crippen molar-refractivity contribution in [1.82, 2.24) is 9.61 Å². The van der Waals surface area contributed by atoms with Crippen molar-refractivity contribution in [2.45, 2.75) is 18.7 Å². The zero-order chi connectivity index (χ0) is 15.0. The lowest BCUT2D eigenvalue weighted by Crippen LogP contribution is -2.14. The van der Waals surface area contributed by atoms with Gasteiger partial charge in [0.25, 0.3) is 10.0 Å². The van der Waals surface area contributed by atoms with Crippen molar-refractivity contribution >= 4 is 21.2 Å². The van der Waals surface area contributed by atoms with E-state index in [0.29, 0.717) is 10.6 Å². The number of hydrogen-bond acceptors (Lipinski definition) is 3. The van der Waals surface area contributed by atoms with Crippen LogP contribution < -0.4 is 4.72 Å². The predicted octanol–water partition coefficient (Wildman–Crippen LogP) is 2.75. The third-order valence-electron chi connectivity index (χ3n) is 3.27.